The van der Waals surface area contributed by atoms with Gasteiger partial charge in [0.05, 0.1) is 5.41 Å². The summed E-state index contributed by atoms with van der Waals surface area (Å²) < 4.78 is 0. The van der Waals surface area contributed by atoms with Crippen LogP contribution in [-0.2, 0) is 4.79 Å². The molecule has 3 atom stereocenters. The molecule has 0 aromatic carbocycles. The lowest BCUT2D eigenvalue weighted by Crippen LogP contribution is -2.54. The van der Waals surface area contributed by atoms with Crippen molar-refractivity contribution in [2.45, 2.75) is 64.0 Å². The molecular weight excluding hydrogens is 252 g/mol. The third-order valence-corrected chi connectivity index (χ3v) is 6.03. The molecule has 4 nitrogen and oxygen atoms in total. The van der Waals surface area contributed by atoms with Gasteiger partial charge in [-0.25, -0.2) is 0 Å². The fourth-order valence-corrected chi connectivity index (χ4v) is 4.71. The highest BCUT2D eigenvalue weighted by atomic mass is 16.4. The van der Waals surface area contributed by atoms with Crippen LogP contribution < -0.4 is 0 Å². The topological polar surface area (TPSA) is 43.8 Å². The minimum atomic E-state index is -0.580. The molecule has 0 aromatic heterocycles. The van der Waals surface area contributed by atoms with Gasteiger partial charge in [-0.1, -0.05) is 13.3 Å². The molecule has 3 aliphatic rings. The third-order valence-electron chi connectivity index (χ3n) is 6.03. The van der Waals surface area contributed by atoms with E-state index in [1.165, 1.54) is 38.8 Å². The zero-order valence-corrected chi connectivity index (χ0v) is 12.7. The molecule has 3 aliphatic heterocycles. The van der Waals surface area contributed by atoms with Crippen molar-refractivity contribution in [1.29, 1.82) is 0 Å². The molecule has 0 aliphatic carbocycles. The van der Waals surface area contributed by atoms with Crippen LogP contribution in [0.2, 0.25) is 0 Å². The Labute approximate surface area is 122 Å². The van der Waals surface area contributed by atoms with E-state index in [1.807, 2.05) is 6.92 Å². The Kier molecular flexibility index (Phi) is 4.04. The van der Waals surface area contributed by atoms with Gasteiger partial charge in [0.2, 0.25) is 0 Å². The highest BCUT2D eigenvalue weighted by molar-refractivity contribution is 5.75. The Balaban J connectivity index is 1.72. The molecule has 4 heteroatoms. The van der Waals surface area contributed by atoms with Gasteiger partial charge >= 0.3 is 5.97 Å². The number of carboxylic acids is 1. The molecule has 0 radical (unpaired) electrons. The van der Waals surface area contributed by atoms with E-state index < -0.39 is 11.4 Å². The van der Waals surface area contributed by atoms with Crippen LogP contribution in [-0.4, -0.2) is 59.1 Å². The molecule has 0 bridgehead atoms. The van der Waals surface area contributed by atoms with Crippen molar-refractivity contribution in [3.05, 3.63) is 0 Å². The van der Waals surface area contributed by atoms with E-state index in [1.54, 1.807) is 0 Å². The number of likely N-dealkylation sites (tertiary alicyclic amines) is 1. The quantitative estimate of drug-likeness (QED) is 0.860. The van der Waals surface area contributed by atoms with Crippen molar-refractivity contribution in [1.82, 2.24) is 9.80 Å². The molecule has 0 saturated carbocycles. The number of carbonyl (C=O) groups is 1. The second-order valence-electron chi connectivity index (χ2n) is 6.97. The van der Waals surface area contributed by atoms with Gasteiger partial charge in [-0.3, -0.25) is 14.6 Å². The Morgan fingerprint density at radius 3 is 2.60 bits per heavy atom. The summed E-state index contributed by atoms with van der Waals surface area (Å²) in [4.78, 5) is 16.9. The van der Waals surface area contributed by atoms with E-state index in [0.29, 0.717) is 12.1 Å². The summed E-state index contributed by atoms with van der Waals surface area (Å²) in [5.74, 6) is -0.580. The van der Waals surface area contributed by atoms with Gasteiger partial charge in [0, 0.05) is 25.2 Å². The monoisotopic (exact) mass is 280 g/mol. The summed E-state index contributed by atoms with van der Waals surface area (Å²) in [6.45, 7) is 6.39. The van der Waals surface area contributed by atoms with Crippen LogP contribution in [0.25, 0.3) is 0 Å². The zero-order chi connectivity index (χ0) is 14.2. The standard InChI is InChI=1S/C16H28N2O2/c1-2-16(15(19)20)8-5-10-18(12-16)14-7-11-17-9-4-3-6-13(14)17/h13-14H,2-12H2,1H3,(H,19,20). The summed E-state index contributed by atoms with van der Waals surface area (Å²) >= 11 is 0. The van der Waals surface area contributed by atoms with E-state index in [9.17, 15) is 9.90 Å². The first-order valence-corrected chi connectivity index (χ1v) is 8.38. The first-order valence-electron chi connectivity index (χ1n) is 8.38. The normalized spacial score (nSPS) is 39.6. The summed E-state index contributed by atoms with van der Waals surface area (Å²) in [7, 11) is 0. The maximum Gasteiger partial charge on any atom is 0.310 e. The summed E-state index contributed by atoms with van der Waals surface area (Å²) in [6, 6.07) is 1.31. The second kappa shape index (κ2) is 5.64. The average Bonchev–Trinajstić information content (AvgIpc) is 2.91. The van der Waals surface area contributed by atoms with Crippen molar-refractivity contribution >= 4 is 5.97 Å². The molecule has 0 aromatic rings. The van der Waals surface area contributed by atoms with Crippen LogP contribution in [0.1, 0.15) is 51.9 Å². The molecule has 20 heavy (non-hydrogen) atoms. The fraction of sp³-hybridized carbons (Fsp3) is 0.938. The molecule has 1 N–H and O–H groups in total. The van der Waals surface area contributed by atoms with Crippen LogP contribution in [0.3, 0.4) is 0 Å². The van der Waals surface area contributed by atoms with Crippen molar-refractivity contribution in [3.63, 3.8) is 0 Å². The number of piperidine rings is 2. The Morgan fingerprint density at radius 2 is 1.85 bits per heavy atom. The summed E-state index contributed by atoms with van der Waals surface area (Å²) in [6.07, 6.45) is 7.91. The van der Waals surface area contributed by atoms with Crippen LogP contribution in [0.4, 0.5) is 0 Å². The van der Waals surface area contributed by atoms with Crippen molar-refractivity contribution < 1.29 is 9.90 Å². The number of hydrogen-bond acceptors (Lipinski definition) is 3. The molecule has 3 saturated heterocycles. The van der Waals surface area contributed by atoms with Crippen molar-refractivity contribution in [2.24, 2.45) is 5.41 Å². The van der Waals surface area contributed by atoms with Crippen LogP contribution in [0.15, 0.2) is 0 Å². The van der Waals surface area contributed by atoms with Gasteiger partial charge in [0.1, 0.15) is 0 Å². The van der Waals surface area contributed by atoms with Gasteiger partial charge in [-0.05, 0) is 51.6 Å². The minimum Gasteiger partial charge on any atom is -0.481 e. The molecular formula is C16H28N2O2. The first kappa shape index (κ1) is 14.3. The molecule has 0 amide bonds. The predicted molar refractivity (Wildman–Crippen MR) is 78.8 cm³/mol. The van der Waals surface area contributed by atoms with Crippen LogP contribution >= 0.6 is 0 Å². The van der Waals surface area contributed by atoms with Crippen molar-refractivity contribution in [3.8, 4) is 0 Å². The van der Waals surface area contributed by atoms with Crippen molar-refractivity contribution in [2.75, 3.05) is 26.2 Å². The molecule has 114 valence electrons. The third kappa shape index (κ3) is 2.37. The van der Waals surface area contributed by atoms with E-state index in [0.717, 1.165) is 32.4 Å². The van der Waals surface area contributed by atoms with E-state index in [-0.39, 0.29) is 0 Å². The summed E-state index contributed by atoms with van der Waals surface area (Å²) in [5.41, 5.74) is -0.486. The number of fused-ring (bicyclic) bond motifs is 1. The first-order chi connectivity index (χ1) is 9.66. The molecule has 3 rings (SSSR count). The fourth-order valence-electron chi connectivity index (χ4n) is 4.71. The van der Waals surface area contributed by atoms with Gasteiger partial charge in [-0.2, -0.15) is 0 Å². The Hall–Kier alpha value is -0.610. The lowest BCUT2D eigenvalue weighted by atomic mass is 9.77. The average molecular weight is 280 g/mol. The van der Waals surface area contributed by atoms with Gasteiger partial charge in [-0.15, -0.1) is 0 Å². The maximum absolute atomic E-state index is 11.7. The lowest BCUT2D eigenvalue weighted by Gasteiger charge is -2.45. The van der Waals surface area contributed by atoms with E-state index in [4.69, 9.17) is 0 Å². The zero-order valence-electron chi connectivity index (χ0n) is 12.7. The van der Waals surface area contributed by atoms with Crippen LogP contribution in [0.5, 0.6) is 0 Å². The maximum atomic E-state index is 11.7. The van der Waals surface area contributed by atoms with E-state index >= 15 is 0 Å². The second-order valence-corrected chi connectivity index (χ2v) is 6.97. The molecule has 0 spiro atoms. The number of rotatable bonds is 3. The van der Waals surface area contributed by atoms with Gasteiger partial charge in [0.15, 0.2) is 0 Å². The summed E-state index contributed by atoms with van der Waals surface area (Å²) in [5, 5.41) is 9.64. The SMILES string of the molecule is CCC1(C(=O)O)CCCN(C2CCN3CCCCC23)C1. The number of hydrogen-bond donors (Lipinski definition) is 1. The van der Waals surface area contributed by atoms with Gasteiger partial charge in [0.25, 0.3) is 0 Å². The Morgan fingerprint density at radius 1 is 1.10 bits per heavy atom. The van der Waals surface area contributed by atoms with Crippen LogP contribution in [0, 0.1) is 5.41 Å². The number of nitrogens with zero attached hydrogens (tertiary/aromatic N) is 2. The van der Waals surface area contributed by atoms with Gasteiger partial charge < -0.3 is 5.11 Å². The highest BCUT2D eigenvalue weighted by Crippen LogP contribution is 2.38. The largest absolute Gasteiger partial charge is 0.481 e. The Bertz CT molecular complexity index is 373. The number of carboxylic acid groups (broad SMARTS) is 1. The molecule has 3 fully saturated rings. The highest BCUT2D eigenvalue weighted by Gasteiger charge is 2.46. The lowest BCUT2D eigenvalue weighted by molar-refractivity contribution is -0.153. The minimum absolute atomic E-state index is 0.486. The molecule has 3 heterocycles. The predicted octanol–water partition coefficient (Wildman–Crippen LogP) is 2.19. The van der Waals surface area contributed by atoms with E-state index in [2.05, 4.69) is 9.80 Å². The molecule has 3 unspecified atom stereocenters. The smallest absolute Gasteiger partial charge is 0.310 e. The number of aliphatic carboxylic acids is 1.